The molecule has 2 atom stereocenters. The Kier molecular flexibility index (Phi) is 5.93. The fourth-order valence-corrected chi connectivity index (χ4v) is 3.78. The van der Waals surface area contributed by atoms with Gasteiger partial charge in [0, 0.05) is 22.2 Å². The first-order chi connectivity index (χ1) is 13.0. The van der Waals surface area contributed by atoms with Gasteiger partial charge in [0.2, 0.25) is 5.91 Å². The summed E-state index contributed by atoms with van der Waals surface area (Å²) in [5.74, 6) is -0.891. The Hall–Kier alpha value is -3.06. The third-order valence-corrected chi connectivity index (χ3v) is 5.50. The Balaban J connectivity index is 1.67. The van der Waals surface area contributed by atoms with Crippen molar-refractivity contribution in [2.75, 3.05) is 5.75 Å². The van der Waals surface area contributed by atoms with Gasteiger partial charge in [0.25, 0.3) is 5.91 Å². The van der Waals surface area contributed by atoms with Crippen molar-refractivity contribution in [1.82, 2.24) is 10.3 Å². The molecule has 138 valence electrons. The minimum Gasteiger partial charge on any atom is -0.368 e. The number of nitrogens with two attached hydrogens (primary N) is 1. The number of carbonyl (C=O) groups is 2. The minimum atomic E-state index is -1.27. The van der Waals surface area contributed by atoms with E-state index in [0.29, 0.717) is 10.5 Å². The summed E-state index contributed by atoms with van der Waals surface area (Å²) in [4.78, 5) is 29.1. The van der Waals surface area contributed by atoms with Crippen molar-refractivity contribution in [3.63, 3.8) is 0 Å². The lowest BCUT2D eigenvalue weighted by atomic mass is 10.1. The largest absolute Gasteiger partial charge is 0.368 e. The number of nitrogens with one attached hydrogen (secondary N) is 1. The van der Waals surface area contributed by atoms with Gasteiger partial charge in [0.1, 0.15) is 6.04 Å². The Bertz CT molecular complexity index is 992. The molecule has 0 saturated carbocycles. The van der Waals surface area contributed by atoms with Crippen molar-refractivity contribution >= 4 is 33.5 Å². The SMILES string of the molecule is NC(=O)[C@H](CC[S@](=O)c1ccccc1)NC(=O)c1cnc2ccccc2c1. The molecule has 27 heavy (non-hydrogen) atoms. The fraction of sp³-hybridized carbons (Fsp3) is 0.150. The van der Waals surface area contributed by atoms with Crippen LogP contribution in [0.25, 0.3) is 10.9 Å². The molecule has 2 aromatic carbocycles. The molecule has 3 N–H and O–H groups in total. The molecule has 7 heteroatoms. The highest BCUT2D eigenvalue weighted by atomic mass is 32.2. The van der Waals surface area contributed by atoms with Gasteiger partial charge in [-0.05, 0) is 30.7 Å². The van der Waals surface area contributed by atoms with Crippen LogP contribution in [0.5, 0.6) is 0 Å². The molecule has 0 unspecified atom stereocenters. The Labute approximate surface area is 159 Å². The van der Waals surface area contributed by atoms with Crippen molar-refractivity contribution in [2.24, 2.45) is 5.73 Å². The van der Waals surface area contributed by atoms with Gasteiger partial charge in [-0.1, -0.05) is 36.4 Å². The number of para-hydroxylation sites is 1. The maximum atomic E-state index is 12.5. The van der Waals surface area contributed by atoms with Crippen molar-refractivity contribution in [3.05, 3.63) is 72.4 Å². The zero-order chi connectivity index (χ0) is 19.2. The van der Waals surface area contributed by atoms with Crippen LogP contribution in [0.1, 0.15) is 16.8 Å². The van der Waals surface area contributed by atoms with Crippen LogP contribution in [-0.2, 0) is 15.6 Å². The summed E-state index contributed by atoms with van der Waals surface area (Å²) in [6.45, 7) is 0. The molecular formula is C20H19N3O3S. The Morgan fingerprint density at radius 3 is 2.52 bits per heavy atom. The van der Waals surface area contributed by atoms with Gasteiger partial charge in [0.05, 0.1) is 21.9 Å². The van der Waals surface area contributed by atoms with Gasteiger partial charge in [-0.2, -0.15) is 0 Å². The minimum absolute atomic E-state index is 0.184. The molecule has 0 fully saturated rings. The topological polar surface area (TPSA) is 102 Å². The zero-order valence-corrected chi connectivity index (χ0v) is 15.3. The van der Waals surface area contributed by atoms with Crippen molar-refractivity contribution in [1.29, 1.82) is 0 Å². The molecule has 3 aromatic rings. The van der Waals surface area contributed by atoms with E-state index in [9.17, 15) is 13.8 Å². The van der Waals surface area contributed by atoms with Crippen molar-refractivity contribution < 1.29 is 13.8 Å². The lowest BCUT2D eigenvalue weighted by molar-refractivity contribution is -0.119. The van der Waals surface area contributed by atoms with E-state index >= 15 is 0 Å². The molecular weight excluding hydrogens is 362 g/mol. The van der Waals surface area contributed by atoms with Crippen LogP contribution in [0, 0.1) is 0 Å². The summed E-state index contributed by atoms with van der Waals surface area (Å²) < 4.78 is 12.3. The number of rotatable bonds is 7. The molecule has 0 radical (unpaired) electrons. The predicted octanol–water partition coefficient (Wildman–Crippen LogP) is 2.02. The van der Waals surface area contributed by atoms with E-state index < -0.39 is 28.7 Å². The number of pyridine rings is 1. The Morgan fingerprint density at radius 1 is 1.07 bits per heavy atom. The van der Waals surface area contributed by atoms with Gasteiger partial charge in [-0.25, -0.2) is 0 Å². The highest BCUT2D eigenvalue weighted by Gasteiger charge is 2.20. The van der Waals surface area contributed by atoms with E-state index in [1.807, 2.05) is 30.3 Å². The molecule has 0 bridgehead atoms. The Morgan fingerprint density at radius 2 is 1.78 bits per heavy atom. The number of primary amides is 1. The normalized spacial score (nSPS) is 13.0. The number of benzene rings is 2. The first-order valence-electron chi connectivity index (χ1n) is 8.43. The van der Waals surface area contributed by atoms with E-state index in [1.54, 1.807) is 30.3 Å². The maximum absolute atomic E-state index is 12.5. The number of nitrogens with zero attached hydrogens (tertiary/aromatic N) is 1. The number of aromatic nitrogens is 1. The standard InChI is InChI=1S/C20H19N3O3S/c21-19(24)18(10-11-27(26)16-7-2-1-3-8-16)23-20(25)15-12-14-6-4-5-9-17(14)22-13-15/h1-9,12-13,18H,10-11H2,(H2,21,24)(H,23,25)/t18-,27-/m0/s1. The quantitative estimate of drug-likeness (QED) is 0.653. The number of hydrogen-bond donors (Lipinski definition) is 2. The van der Waals surface area contributed by atoms with E-state index in [-0.39, 0.29) is 12.2 Å². The number of hydrogen-bond acceptors (Lipinski definition) is 4. The second-order valence-electron chi connectivity index (χ2n) is 6.00. The third kappa shape index (κ3) is 4.77. The summed E-state index contributed by atoms with van der Waals surface area (Å²) in [5, 5.41) is 3.44. The third-order valence-electron chi connectivity index (χ3n) is 4.10. The van der Waals surface area contributed by atoms with Crippen LogP contribution >= 0.6 is 0 Å². The lowest BCUT2D eigenvalue weighted by Gasteiger charge is -2.15. The molecule has 2 amide bonds. The van der Waals surface area contributed by atoms with Crippen LogP contribution in [0.4, 0.5) is 0 Å². The summed E-state index contributed by atoms with van der Waals surface area (Å²) in [5.41, 5.74) is 6.52. The average molecular weight is 381 g/mol. The fourth-order valence-electron chi connectivity index (χ4n) is 2.64. The van der Waals surface area contributed by atoms with Gasteiger partial charge in [0.15, 0.2) is 0 Å². The zero-order valence-electron chi connectivity index (χ0n) is 14.5. The van der Waals surface area contributed by atoms with Crippen LogP contribution in [0.2, 0.25) is 0 Å². The maximum Gasteiger partial charge on any atom is 0.253 e. The lowest BCUT2D eigenvalue weighted by Crippen LogP contribution is -2.45. The van der Waals surface area contributed by atoms with Crippen LogP contribution < -0.4 is 11.1 Å². The van der Waals surface area contributed by atoms with E-state index in [1.165, 1.54) is 6.20 Å². The molecule has 6 nitrogen and oxygen atoms in total. The van der Waals surface area contributed by atoms with Crippen molar-refractivity contribution in [3.8, 4) is 0 Å². The number of amides is 2. The molecule has 0 spiro atoms. The first kappa shape index (κ1) is 18.7. The monoisotopic (exact) mass is 381 g/mol. The van der Waals surface area contributed by atoms with Gasteiger partial charge in [-0.15, -0.1) is 0 Å². The number of fused-ring (bicyclic) bond motifs is 1. The van der Waals surface area contributed by atoms with E-state index in [2.05, 4.69) is 10.3 Å². The van der Waals surface area contributed by atoms with Gasteiger partial charge in [-0.3, -0.25) is 18.8 Å². The van der Waals surface area contributed by atoms with E-state index in [0.717, 1.165) is 10.9 Å². The second-order valence-corrected chi connectivity index (χ2v) is 7.57. The van der Waals surface area contributed by atoms with Gasteiger partial charge < -0.3 is 11.1 Å². The summed E-state index contributed by atoms with van der Waals surface area (Å²) in [6.07, 6.45) is 1.64. The first-order valence-corrected chi connectivity index (χ1v) is 9.75. The molecule has 3 rings (SSSR count). The predicted molar refractivity (Wildman–Crippen MR) is 105 cm³/mol. The number of carbonyl (C=O) groups excluding carboxylic acids is 2. The molecule has 0 aliphatic heterocycles. The molecule has 1 aromatic heterocycles. The molecule has 1 heterocycles. The van der Waals surface area contributed by atoms with Crippen molar-refractivity contribution in [2.45, 2.75) is 17.4 Å². The smallest absolute Gasteiger partial charge is 0.253 e. The summed E-state index contributed by atoms with van der Waals surface area (Å²) >= 11 is 0. The molecule has 0 aliphatic rings. The van der Waals surface area contributed by atoms with Crippen LogP contribution in [0.3, 0.4) is 0 Å². The average Bonchev–Trinajstić information content (AvgIpc) is 2.70. The summed E-state index contributed by atoms with van der Waals surface area (Å²) in [7, 11) is -1.27. The van der Waals surface area contributed by atoms with Gasteiger partial charge >= 0.3 is 0 Å². The van der Waals surface area contributed by atoms with E-state index in [4.69, 9.17) is 5.73 Å². The highest BCUT2D eigenvalue weighted by molar-refractivity contribution is 7.85. The van der Waals surface area contributed by atoms with Crippen LogP contribution in [0.15, 0.2) is 71.8 Å². The molecule has 0 aliphatic carbocycles. The summed E-state index contributed by atoms with van der Waals surface area (Å²) in [6, 6.07) is 17.2. The highest BCUT2D eigenvalue weighted by Crippen LogP contribution is 2.13. The molecule has 0 saturated heterocycles. The van der Waals surface area contributed by atoms with Crippen LogP contribution in [-0.4, -0.2) is 32.8 Å². The second kappa shape index (κ2) is 8.55.